The predicted octanol–water partition coefficient (Wildman–Crippen LogP) is 3.09. The average Bonchev–Trinajstić information content (AvgIpc) is 2.58. The number of benzene rings is 1. The number of nitrogens with one attached hydrogen (secondary N) is 1. The minimum atomic E-state index is -0.0794. The Morgan fingerprint density at radius 3 is 2.52 bits per heavy atom. The number of carbonyl (C=O) groups is 1. The summed E-state index contributed by atoms with van der Waals surface area (Å²) in [7, 11) is 3.91. The molecule has 1 amide bonds. The van der Waals surface area contributed by atoms with Gasteiger partial charge in [0.1, 0.15) is 5.82 Å². The Hall–Kier alpha value is -2.01. The zero-order chi connectivity index (χ0) is 16.7. The Kier molecular flexibility index (Phi) is 6.47. The van der Waals surface area contributed by atoms with Crippen LogP contribution in [0.1, 0.15) is 18.1 Å². The molecule has 1 unspecified atom stereocenters. The maximum Gasteiger partial charge on any atom is 0.233 e. The molecule has 0 saturated heterocycles. The van der Waals surface area contributed by atoms with E-state index in [1.54, 1.807) is 18.0 Å². The fourth-order valence-electron chi connectivity index (χ4n) is 1.99. The number of nitrogens with zero attached hydrogens (tertiary/aromatic N) is 2. The van der Waals surface area contributed by atoms with Crippen LogP contribution in [0.25, 0.3) is 0 Å². The van der Waals surface area contributed by atoms with Gasteiger partial charge in [0.25, 0.3) is 0 Å². The lowest BCUT2D eigenvalue weighted by Gasteiger charge is -2.13. The van der Waals surface area contributed by atoms with Gasteiger partial charge in [-0.1, -0.05) is 36.4 Å². The summed E-state index contributed by atoms with van der Waals surface area (Å²) in [6, 6.07) is 14.1. The van der Waals surface area contributed by atoms with E-state index >= 15 is 0 Å². The van der Waals surface area contributed by atoms with Gasteiger partial charge in [-0.15, -0.1) is 11.8 Å². The molecule has 0 aliphatic carbocycles. The van der Waals surface area contributed by atoms with Gasteiger partial charge in [-0.25, -0.2) is 4.98 Å². The van der Waals surface area contributed by atoms with Crippen molar-refractivity contribution in [2.45, 2.75) is 24.5 Å². The third kappa shape index (κ3) is 5.60. The molecule has 2 aromatic rings. The van der Waals surface area contributed by atoms with Crippen LogP contribution in [-0.2, 0) is 17.1 Å². The first kappa shape index (κ1) is 17.3. The molecule has 0 aliphatic rings. The molecule has 0 fully saturated rings. The number of hydrogen-bond acceptors (Lipinski definition) is 4. The molecule has 1 atom stereocenters. The van der Waals surface area contributed by atoms with Gasteiger partial charge in [0.2, 0.25) is 5.91 Å². The highest BCUT2D eigenvalue weighted by Gasteiger charge is 2.13. The lowest BCUT2D eigenvalue weighted by molar-refractivity contribution is -0.120. The van der Waals surface area contributed by atoms with Crippen LogP contribution in [-0.4, -0.2) is 30.2 Å². The molecule has 1 heterocycles. The van der Waals surface area contributed by atoms with Gasteiger partial charge in [0, 0.05) is 32.6 Å². The van der Waals surface area contributed by atoms with Crippen molar-refractivity contribution in [1.82, 2.24) is 10.3 Å². The number of amides is 1. The standard InChI is InChI=1S/C18H23N3OS/c1-14(23-13-15-7-5-4-6-8-15)18(22)20-12-16-9-10-17(19-11-16)21(2)3/h4-11,14H,12-13H2,1-3H3,(H,20,22). The molecule has 5 heteroatoms. The van der Waals surface area contributed by atoms with Crippen molar-refractivity contribution >= 4 is 23.5 Å². The average molecular weight is 329 g/mol. The second-order valence-electron chi connectivity index (χ2n) is 5.58. The maximum absolute atomic E-state index is 12.2. The van der Waals surface area contributed by atoms with Crippen LogP contribution in [0.15, 0.2) is 48.7 Å². The normalized spacial score (nSPS) is 11.8. The van der Waals surface area contributed by atoms with Crippen LogP contribution in [0.4, 0.5) is 5.82 Å². The summed E-state index contributed by atoms with van der Waals surface area (Å²) in [5, 5.41) is 2.89. The Morgan fingerprint density at radius 1 is 1.17 bits per heavy atom. The first-order valence-corrected chi connectivity index (χ1v) is 8.66. The molecule has 0 spiro atoms. The molecule has 23 heavy (non-hydrogen) atoms. The molecule has 0 saturated carbocycles. The number of pyridine rings is 1. The number of carbonyl (C=O) groups excluding carboxylic acids is 1. The molecule has 0 radical (unpaired) electrons. The zero-order valence-corrected chi connectivity index (χ0v) is 14.6. The topological polar surface area (TPSA) is 45.2 Å². The summed E-state index contributed by atoms with van der Waals surface area (Å²) in [6.07, 6.45) is 1.80. The Labute approximate surface area is 142 Å². The predicted molar refractivity (Wildman–Crippen MR) is 97.6 cm³/mol. The van der Waals surface area contributed by atoms with Crippen LogP contribution in [0.5, 0.6) is 0 Å². The summed E-state index contributed by atoms with van der Waals surface area (Å²) < 4.78 is 0. The number of thioether (sulfide) groups is 1. The fourth-order valence-corrected chi connectivity index (χ4v) is 2.86. The Balaban J connectivity index is 1.77. The Morgan fingerprint density at radius 2 is 1.91 bits per heavy atom. The smallest absolute Gasteiger partial charge is 0.233 e. The van der Waals surface area contributed by atoms with Gasteiger partial charge in [0.15, 0.2) is 0 Å². The van der Waals surface area contributed by atoms with Gasteiger partial charge >= 0.3 is 0 Å². The van der Waals surface area contributed by atoms with Crippen molar-refractivity contribution < 1.29 is 4.79 Å². The first-order valence-electron chi connectivity index (χ1n) is 7.62. The van der Waals surface area contributed by atoms with Gasteiger partial charge < -0.3 is 10.2 Å². The van der Waals surface area contributed by atoms with E-state index in [1.807, 2.05) is 56.3 Å². The zero-order valence-electron chi connectivity index (χ0n) is 13.8. The Bertz CT molecular complexity index is 614. The molecular formula is C18H23N3OS. The number of rotatable bonds is 7. The summed E-state index contributed by atoms with van der Waals surface area (Å²) in [6.45, 7) is 2.45. The second kappa shape index (κ2) is 8.58. The molecule has 1 aromatic heterocycles. The van der Waals surface area contributed by atoms with E-state index in [4.69, 9.17) is 0 Å². The van der Waals surface area contributed by atoms with E-state index in [0.717, 1.165) is 17.1 Å². The monoisotopic (exact) mass is 329 g/mol. The van der Waals surface area contributed by atoms with E-state index in [9.17, 15) is 4.79 Å². The van der Waals surface area contributed by atoms with E-state index < -0.39 is 0 Å². The largest absolute Gasteiger partial charge is 0.363 e. The molecule has 4 nitrogen and oxygen atoms in total. The molecule has 0 aliphatic heterocycles. The highest BCUT2D eigenvalue weighted by Crippen LogP contribution is 2.17. The highest BCUT2D eigenvalue weighted by atomic mass is 32.2. The van der Waals surface area contributed by atoms with Crippen molar-refractivity contribution in [1.29, 1.82) is 0 Å². The van der Waals surface area contributed by atoms with E-state index in [2.05, 4.69) is 22.4 Å². The lowest BCUT2D eigenvalue weighted by atomic mass is 10.2. The van der Waals surface area contributed by atoms with E-state index in [1.165, 1.54) is 5.56 Å². The maximum atomic E-state index is 12.2. The van der Waals surface area contributed by atoms with Crippen LogP contribution in [0, 0.1) is 0 Å². The number of hydrogen-bond donors (Lipinski definition) is 1. The SMILES string of the molecule is CC(SCc1ccccc1)C(=O)NCc1ccc(N(C)C)nc1. The van der Waals surface area contributed by atoms with Crippen molar-refractivity contribution in [2.75, 3.05) is 19.0 Å². The van der Waals surface area contributed by atoms with Crippen LogP contribution < -0.4 is 10.2 Å². The number of aromatic nitrogens is 1. The van der Waals surface area contributed by atoms with Crippen molar-refractivity contribution in [2.24, 2.45) is 0 Å². The first-order chi connectivity index (χ1) is 11.1. The molecule has 2 rings (SSSR count). The quantitative estimate of drug-likeness (QED) is 0.848. The summed E-state index contributed by atoms with van der Waals surface area (Å²) >= 11 is 1.64. The van der Waals surface area contributed by atoms with Crippen molar-refractivity contribution in [3.63, 3.8) is 0 Å². The van der Waals surface area contributed by atoms with E-state index in [-0.39, 0.29) is 11.2 Å². The third-order valence-corrected chi connectivity index (χ3v) is 4.66. The van der Waals surface area contributed by atoms with Gasteiger partial charge in [-0.05, 0) is 24.1 Å². The highest BCUT2D eigenvalue weighted by molar-refractivity contribution is 7.99. The van der Waals surface area contributed by atoms with Crippen LogP contribution >= 0.6 is 11.8 Å². The molecule has 122 valence electrons. The van der Waals surface area contributed by atoms with Gasteiger partial charge in [-0.3, -0.25) is 4.79 Å². The van der Waals surface area contributed by atoms with E-state index in [0.29, 0.717) is 6.54 Å². The lowest BCUT2D eigenvalue weighted by Crippen LogP contribution is -2.30. The third-order valence-electron chi connectivity index (χ3n) is 3.45. The summed E-state index contributed by atoms with van der Waals surface area (Å²) in [5.74, 6) is 1.81. The van der Waals surface area contributed by atoms with Crippen LogP contribution in [0.3, 0.4) is 0 Å². The molecule has 0 bridgehead atoms. The molecule has 1 N–H and O–H groups in total. The minimum absolute atomic E-state index is 0.0580. The van der Waals surface area contributed by atoms with Gasteiger partial charge in [-0.2, -0.15) is 0 Å². The van der Waals surface area contributed by atoms with Crippen LogP contribution in [0.2, 0.25) is 0 Å². The summed E-state index contributed by atoms with van der Waals surface area (Å²) in [4.78, 5) is 18.4. The fraction of sp³-hybridized carbons (Fsp3) is 0.333. The number of anilines is 1. The van der Waals surface area contributed by atoms with Gasteiger partial charge in [0.05, 0.1) is 5.25 Å². The molecular weight excluding hydrogens is 306 g/mol. The second-order valence-corrected chi connectivity index (χ2v) is 6.90. The molecule has 1 aromatic carbocycles. The van der Waals surface area contributed by atoms with Crippen molar-refractivity contribution in [3.8, 4) is 0 Å². The summed E-state index contributed by atoms with van der Waals surface area (Å²) in [5.41, 5.74) is 2.24. The minimum Gasteiger partial charge on any atom is -0.363 e. The van der Waals surface area contributed by atoms with Crippen molar-refractivity contribution in [3.05, 3.63) is 59.8 Å².